The van der Waals surface area contributed by atoms with Crippen LogP contribution in [0.25, 0.3) is 0 Å². The molecule has 16 heavy (non-hydrogen) atoms. The molecule has 1 heterocycles. The van der Waals surface area contributed by atoms with E-state index in [1.165, 1.54) is 30.8 Å². The van der Waals surface area contributed by atoms with Gasteiger partial charge in [0.1, 0.15) is 0 Å². The molecule has 0 fully saturated rings. The van der Waals surface area contributed by atoms with Gasteiger partial charge in [0, 0.05) is 6.20 Å². The maximum atomic E-state index is 11.3. The van der Waals surface area contributed by atoms with E-state index >= 15 is 0 Å². The highest BCUT2D eigenvalue weighted by Gasteiger charge is 2.30. The number of carbonyl (C=O) groups excluding carboxylic acids is 1. The number of hydrogen-bond acceptors (Lipinski definition) is 4. The highest BCUT2D eigenvalue weighted by Crippen LogP contribution is 2.14. The van der Waals surface area contributed by atoms with Crippen LogP contribution in [0, 0.1) is 0 Å². The van der Waals surface area contributed by atoms with E-state index in [0.29, 0.717) is 0 Å². The normalized spacial score (nSPS) is 11.2. The van der Waals surface area contributed by atoms with Crippen molar-refractivity contribution in [2.24, 2.45) is 0 Å². The minimum atomic E-state index is -1.19. The van der Waals surface area contributed by atoms with Crippen LogP contribution in [0.5, 0.6) is 0 Å². The Morgan fingerprint density at radius 3 is 2.69 bits per heavy atom. The maximum absolute atomic E-state index is 11.3. The molecule has 0 aliphatic carbocycles. The topological polar surface area (TPSA) is 81.4 Å². The second-order valence-corrected chi connectivity index (χ2v) is 3.73. The Labute approximate surface area is 92.8 Å². The molecule has 0 amide bonds. The lowest BCUT2D eigenvalue weighted by molar-refractivity contribution is -0.146. The van der Waals surface area contributed by atoms with E-state index in [9.17, 15) is 9.59 Å². The lowest BCUT2D eigenvalue weighted by Crippen LogP contribution is -2.36. The molecule has 1 aromatic rings. The van der Waals surface area contributed by atoms with Crippen molar-refractivity contribution in [3.05, 3.63) is 18.0 Å². The molecule has 1 aromatic heterocycles. The summed E-state index contributed by atoms with van der Waals surface area (Å²) >= 11 is 0. The molecule has 6 nitrogen and oxygen atoms in total. The van der Waals surface area contributed by atoms with Crippen LogP contribution in [-0.4, -0.2) is 33.4 Å². The zero-order valence-corrected chi connectivity index (χ0v) is 9.43. The summed E-state index contributed by atoms with van der Waals surface area (Å²) in [5.41, 5.74) is -1.08. The molecular weight excluding hydrogens is 212 g/mol. The first-order valence-electron chi connectivity index (χ1n) is 4.86. The average Bonchev–Trinajstić information content (AvgIpc) is 2.67. The molecule has 0 unspecified atom stereocenters. The first-order chi connectivity index (χ1) is 7.39. The van der Waals surface area contributed by atoms with Crippen LogP contribution in [0.3, 0.4) is 0 Å². The number of aliphatic carboxylic acids is 1. The Hall–Kier alpha value is -1.85. The molecule has 0 saturated heterocycles. The van der Waals surface area contributed by atoms with Crippen LogP contribution >= 0.6 is 0 Å². The summed E-state index contributed by atoms with van der Waals surface area (Å²) in [7, 11) is 0. The van der Waals surface area contributed by atoms with Gasteiger partial charge in [-0.1, -0.05) is 0 Å². The van der Waals surface area contributed by atoms with Gasteiger partial charge in [-0.3, -0.25) is 4.68 Å². The summed E-state index contributed by atoms with van der Waals surface area (Å²) in [6, 6.07) is 1.43. The third kappa shape index (κ3) is 2.21. The van der Waals surface area contributed by atoms with E-state index in [2.05, 4.69) is 5.10 Å². The minimum absolute atomic E-state index is 0.108. The molecule has 88 valence electrons. The largest absolute Gasteiger partial charge is 0.479 e. The Balaban J connectivity index is 2.95. The zero-order chi connectivity index (χ0) is 12.3. The summed E-state index contributed by atoms with van der Waals surface area (Å²) in [4.78, 5) is 22.3. The Morgan fingerprint density at radius 2 is 2.19 bits per heavy atom. The number of hydrogen-bond donors (Lipinski definition) is 1. The van der Waals surface area contributed by atoms with Gasteiger partial charge in [-0.2, -0.15) is 5.10 Å². The van der Waals surface area contributed by atoms with Crippen molar-refractivity contribution in [2.45, 2.75) is 26.3 Å². The van der Waals surface area contributed by atoms with E-state index in [1.54, 1.807) is 6.92 Å². The number of aromatic nitrogens is 2. The van der Waals surface area contributed by atoms with Crippen molar-refractivity contribution >= 4 is 11.9 Å². The number of carbonyl (C=O) groups is 2. The number of esters is 1. The highest BCUT2D eigenvalue weighted by molar-refractivity contribution is 5.87. The summed E-state index contributed by atoms with van der Waals surface area (Å²) in [5.74, 6) is -1.58. The van der Waals surface area contributed by atoms with E-state index < -0.39 is 17.5 Å². The number of rotatable bonds is 4. The number of carboxylic acid groups (broad SMARTS) is 1. The third-order valence-electron chi connectivity index (χ3n) is 2.17. The van der Waals surface area contributed by atoms with E-state index in [0.717, 1.165) is 0 Å². The van der Waals surface area contributed by atoms with Crippen LogP contribution in [0.2, 0.25) is 0 Å². The van der Waals surface area contributed by atoms with Gasteiger partial charge >= 0.3 is 11.9 Å². The van der Waals surface area contributed by atoms with Crippen LogP contribution in [-0.2, 0) is 15.1 Å². The molecule has 1 N–H and O–H groups in total. The predicted molar refractivity (Wildman–Crippen MR) is 55.1 cm³/mol. The lowest BCUT2D eigenvalue weighted by atomic mass is 10.1. The molecule has 0 saturated carbocycles. The van der Waals surface area contributed by atoms with E-state index in [1.807, 2.05) is 0 Å². The van der Waals surface area contributed by atoms with Crippen molar-refractivity contribution in [3.63, 3.8) is 0 Å². The Bertz CT molecular complexity index is 409. The van der Waals surface area contributed by atoms with Crippen LogP contribution < -0.4 is 0 Å². The van der Waals surface area contributed by atoms with Crippen molar-refractivity contribution < 1.29 is 19.4 Å². The Morgan fingerprint density at radius 1 is 1.56 bits per heavy atom. The number of ether oxygens (including phenoxy) is 1. The van der Waals surface area contributed by atoms with E-state index in [4.69, 9.17) is 9.84 Å². The van der Waals surface area contributed by atoms with Crippen LogP contribution in [0.1, 0.15) is 31.3 Å². The van der Waals surface area contributed by atoms with Gasteiger partial charge in [-0.25, -0.2) is 9.59 Å². The quantitative estimate of drug-likeness (QED) is 0.771. The third-order valence-corrected chi connectivity index (χ3v) is 2.17. The fourth-order valence-electron chi connectivity index (χ4n) is 1.05. The fraction of sp³-hybridized carbons (Fsp3) is 0.500. The summed E-state index contributed by atoms with van der Waals surface area (Å²) < 4.78 is 5.98. The minimum Gasteiger partial charge on any atom is -0.479 e. The summed E-state index contributed by atoms with van der Waals surface area (Å²) in [6.45, 7) is 4.94. The van der Waals surface area contributed by atoms with Gasteiger partial charge in [-0.05, 0) is 26.8 Å². The highest BCUT2D eigenvalue weighted by atomic mass is 16.5. The smallest absolute Gasteiger partial charge is 0.358 e. The molecular formula is C10H14N2O4. The molecule has 1 rings (SSSR count). The van der Waals surface area contributed by atoms with Gasteiger partial charge in [0.2, 0.25) is 0 Å². The zero-order valence-electron chi connectivity index (χ0n) is 9.43. The Kier molecular flexibility index (Phi) is 3.31. The SMILES string of the molecule is CCOC(=O)c1ccn(C(C)(C)C(=O)O)n1. The molecule has 0 aliphatic heterocycles. The molecule has 0 atom stereocenters. The second-order valence-electron chi connectivity index (χ2n) is 3.73. The van der Waals surface area contributed by atoms with Gasteiger partial charge in [0.15, 0.2) is 11.2 Å². The fourth-order valence-corrected chi connectivity index (χ4v) is 1.05. The monoisotopic (exact) mass is 226 g/mol. The average molecular weight is 226 g/mol. The summed E-state index contributed by atoms with van der Waals surface area (Å²) in [6.07, 6.45) is 1.44. The molecule has 0 spiro atoms. The summed E-state index contributed by atoms with van der Waals surface area (Å²) in [5, 5.41) is 12.9. The van der Waals surface area contributed by atoms with Gasteiger partial charge < -0.3 is 9.84 Å². The van der Waals surface area contributed by atoms with Crippen LogP contribution in [0.15, 0.2) is 12.3 Å². The molecule has 6 heteroatoms. The van der Waals surface area contributed by atoms with Crippen molar-refractivity contribution in [1.82, 2.24) is 9.78 Å². The standard InChI is InChI=1S/C10H14N2O4/c1-4-16-8(13)7-5-6-12(11-7)10(2,3)9(14)15/h5-6H,4H2,1-3H3,(H,14,15). The predicted octanol–water partition coefficient (Wildman–Crippen LogP) is 0.879. The first-order valence-corrected chi connectivity index (χ1v) is 4.86. The van der Waals surface area contributed by atoms with Gasteiger partial charge in [-0.15, -0.1) is 0 Å². The number of carboxylic acids is 1. The van der Waals surface area contributed by atoms with Crippen molar-refractivity contribution in [1.29, 1.82) is 0 Å². The van der Waals surface area contributed by atoms with Crippen molar-refractivity contribution in [3.8, 4) is 0 Å². The van der Waals surface area contributed by atoms with Crippen LogP contribution in [0.4, 0.5) is 0 Å². The second kappa shape index (κ2) is 4.34. The first kappa shape index (κ1) is 12.2. The number of nitrogens with zero attached hydrogens (tertiary/aromatic N) is 2. The van der Waals surface area contributed by atoms with Gasteiger partial charge in [0.25, 0.3) is 0 Å². The van der Waals surface area contributed by atoms with E-state index in [-0.39, 0.29) is 12.3 Å². The van der Waals surface area contributed by atoms with Crippen molar-refractivity contribution in [2.75, 3.05) is 6.61 Å². The molecule has 0 aromatic carbocycles. The maximum Gasteiger partial charge on any atom is 0.358 e. The van der Waals surface area contributed by atoms with Gasteiger partial charge in [0.05, 0.1) is 6.61 Å². The molecule has 0 radical (unpaired) electrons. The molecule has 0 aliphatic rings. The molecule has 0 bridgehead atoms. The lowest BCUT2D eigenvalue weighted by Gasteiger charge is -2.19.